The summed E-state index contributed by atoms with van der Waals surface area (Å²) in [6, 6.07) is 9.52. The molecule has 0 saturated heterocycles. The molecule has 0 radical (unpaired) electrons. The van der Waals surface area contributed by atoms with Crippen LogP contribution in [0, 0.1) is 0 Å². The lowest BCUT2D eigenvalue weighted by Gasteiger charge is -1.89. The van der Waals surface area contributed by atoms with Crippen molar-refractivity contribution in [3.05, 3.63) is 42.0 Å². The Hall–Kier alpha value is -1.09. The topological polar surface area (TPSA) is 26.3 Å². The van der Waals surface area contributed by atoms with Crippen LogP contribution >= 0.6 is 16.3 Å². The molecule has 0 aliphatic carbocycles. The zero-order chi connectivity index (χ0) is 8.81. The molecule has 0 amide bonds. The first-order valence-corrected chi connectivity index (χ1v) is 4.03. The Kier molecular flexibility index (Phi) is 3.54. The second kappa shape index (κ2) is 4.72. The molecule has 0 saturated carbocycles. The summed E-state index contributed by atoms with van der Waals surface area (Å²) in [5.41, 5.74) is 0.968. The summed E-state index contributed by atoms with van der Waals surface area (Å²) in [6.07, 6.45) is 3.04. The van der Waals surface area contributed by atoms with Crippen molar-refractivity contribution in [3.63, 3.8) is 0 Å². The van der Waals surface area contributed by atoms with Crippen LogP contribution in [0.25, 0.3) is 6.08 Å². The van der Waals surface area contributed by atoms with Crippen LogP contribution in [-0.2, 0) is 8.62 Å². The molecule has 0 N–H and O–H groups in total. The molecule has 1 aromatic carbocycles. The van der Waals surface area contributed by atoms with Crippen molar-refractivity contribution in [2.45, 2.75) is 0 Å². The minimum absolute atomic E-state index is 0.418. The molecular weight excluding hydrogens is 220 g/mol. The van der Waals surface area contributed by atoms with Gasteiger partial charge in [-0.05, 0) is 11.6 Å². The maximum Gasteiger partial charge on any atom is 0.342 e. The lowest BCUT2D eigenvalue weighted by molar-refractivity contribution is -0.126. The molecule has 0 aromatic heterocycles. The highest BCUT2D eigenvalue weighted by Crippen LogP contribution is 2.01. The smallest absolute Gasteiger partial charge is 0.342 e. The molecule has 0 spiro atoms. The standard InChI is InChI=1S/C9H7BrO2/c10-12-9(11)7-6-8-4-2-1-3-5-8/h1-7H/b7-6+. The summed E-state index contributed by atoms with van der Waals surface area (Å²) >= 11 is 2.59. The van der Waals surface area contributed by atoms with Crippen molar-refractivity contribution in [3.8, 4) is 0 Å². The molecule has 0 heterocycles. The molecule has 0 aliphatic heterocycles. The highest BCUT2D eigenvalue weighted by molar-refractivity contribution is 9.06. The lowest BCUT2D eigenvalue weighted by Crippen LogP contribution is -1.87. The molecule has 2 nitrogen and oxygen atoms in total. The van der Waals surface area contributed by atoms with Gasteiger partial charge in [0.1, 0.15) is 0 Å². The molecule has 0 fully saturated rings. The maximum absolute atomic E-state index is 10.6. The number of rotatable bonds is 2. The van der Waals surface area contributed by atoms with Crippen LogP contribution in [0.3, 0.4) is 0 Å². The van der Waals surface area contributed by atoms with Crippen LogP contribution in [0.1, 0.15) is 5.56 Å². The minimum Gasteiger partial charge on any atom is -0.380 e. The van der Waals surface area contributed by atoms with Gasteiger partial charge in [0, 0.05) is 6.08 Å². The van der Waals surface area contributed by atoms with Crippen molar-refractivity contribution in [2.75, 3.05) is 0 Å². The van der Waals surface area contributed by atoms with E-state index < -0.39 is 5.97 Å². The highest BCUT2D eigenvalue weighted by atomic mass is 79.9. The van der Waals surface area contributed by atoms with Crippen molar-refractivity contribution >= 4 is 28.3 Å². The van der Waals surface area contributed by atoms with Gasteiger partial charge in [0.25, 0.3) is 0 Å². The second-order valence-corrected chi connectivity index (χ2v) is 2.46. The highest BCUT2D eigenvalue weighted by Gasteiger charge is 1.91. The first-order valence-electron chi connectivity index (χ1n) is 3.38. The molecule has 0 unspecified atom stereocenters. The Bertz CT molecular complexity index is 280. The third-order valence-electron chi connectivity index (χ3n) is 1.29. The van der Waals surface area contributed by atoms with Crippen molar-refractivity contribution < 1.29 is 8.62 Å². The van der Waals surface area contributed by atoms with Gasteiger partial charge in [0.2, 0.25) is 0 Å². The SMILES string of the molecule is O=C(/C=C/c1ccccc1)OBr. The van der Waals surface area contributed by atoms with Gasteiger partial charge in [-0.1, -0.05) is 30.3 Å². The van der Waals surface area contributed by atoms with Gasteiger partial charge in [-0.2, -0.15) is 0 Å². The van der Waals surface area contributed by atoms with Gasteiger partial charge in [-0.25, -0.2) is 4.79 Å². The first kappa shape index (κ1) is 9.00. The van der Waals surface area contributed by atoms with Crippen LogP contribution in [-0.4, -0.2) is 5.97 Å². The normalized spacial score (nSPS) is 10.1. The minimum atomic E-state index is -0.418. The van der Waals surface area contributed by atoms with Gasteiger partial charge >= 0.3 is 5.97 Å². The molecule has 0 bridgehead atoms. The fourth-order valence-electron chi connectivity index (χ4n) is 0.754. The van der Waals surface area contributed by atoms with E-state index in [0.717, 1.165) is 5.56 Å². The summed E-state index contributed by atoms with van der Waals surface area (Å²) in [5.74, 6) is -0.418. The first-order chi connectivity index (χ1) is 5.83. The van der Waals surface area contributed by atoms with Crippen LogP contribution in [0.15, 0.2) is 36.4 Å². The van der Waals surface area contributed by atoms with Crippen LogP contribution in [0.4, 0.5) is 0 Å². The Morgan fingerprint density at radius 2 is 2.00 bits per heavy atom. The Morgan fingerprint density at radius 1 is 1.33 bits per heavy atom. The predicted octanol–water partition coefficient (Wildman–Crippen LogP) is 2.55. The summed E-state index contributed by atoms with van der Waals surface area (Å²) in [5, 5.41) is 0. The molecule has 1 rings (SSSR count). The van der Waals surface area contributed by atoms with E-state index in [1.165, 1.54) is 6.08 Å². The lowest BCUT2D eigenvalue weighted by atomic mass is 10.2. The van der Waals surface area contributed by atoms with Gasteiger partial charge in [0.15, 0.2) is 16.3 Å². The zero-order valence-electron chi connectivity index (χ0n) is 6.24. The fourth-order valence-corrected chi connectivity index (χ4v) is 0.862. The van der Waals surface area contributed by atoms with Gasteiger partial charge < -0.3 is 3.83 Å². The van der Waals surface area contributed by atoms with E-state index in [2.05, 4.69) is 20.1 Å². The van der Waals surface area contributed by atoms with E-state index in [1.54, 1.807) is 6.08 Å². The third kappa shape index (κ3) is 2.88. The van der Waals surface area contributed by atoms with Crippen molar-refractivity contribution in [2.24, 2.45) is 0 Å². The van der Waals surface area contributed by atoms with E-state index in [4.69, 9.17) is 0 Å². The van der Waals surface area contributed by atoms with Crippen LogP contribution in [0.5, 0.6) is 0 Å². The van der Waals surface area contributed by atoms with Gasteiger partial charge in [0.05, 0.1) is 0 Å². The monoisotopic (exact) mass is 226 g/mol. The van der Waals surface area contributed by atoms with E-state index in [1.807, 2.05) is 30.3 Å². The number of hydrogen-bond acceptors (Lipinski definition) is 2. The molecule has 0 atom stereocenters. The molecule has 1 aromatic rings. The molecule has 12 heavy (non-hydrogen) atoms. The number of hydrogen-bond donors (Lipinski definition) is 0. The largest absolute Gasteiger partial charge is 0.380 e. The average Bonchev–Trinajstić information content (AvgIpc) is 2.16. The van der Waals surface area contributed by atoms with E-state index in [-0.39, 0.29) is 0 Å². The predicted molar refractivity (Wildman–Crippen MR) is 50.5 cm³/mol. The molecule has 0 aliphatic rings. The molecule has 62 valence electrons. The van der Waals surface area contributed by atoms with E-state index in [0.29, 0.717) is 0 Å². The summed E-state index contributed by atoms with van der Waals surface area (Å²) < 4.78 is 4.26. The second-order valence-electron chi connectivity index (χ2n) is 2.14. The summed E-state index contributed by atoms with van der Waals surface area (Å²) in [7, 11) is 0. The summed E-state index contributed by atoms with van der Waals surface area (Å²) in [4.78, 5) is 10.6. The fraction of sp³-hybridized carbons (Fsp3) is 0. The maximum atomic E-state index is 10.6. The number of carbonyl (C=O) groups excluding carboxylic acids is 1. The average molecular weight is 227 g/mol. The molecule has 3 heteroatoms. The van der Waals surface area contributed by atoms with Crippen LogP contribution < -0.4 is 0 Å². The number of benzene rings is 1. The summed E-state index contributed by atoms with van der Waals surface area (Å²) in [6.45, 7) is 0. The Morgan fingerprint density at radius 3 is 2.58 bits per heavy atom. The quantitative estimate of drug-likeness (QED) is 0.725. The Balaban J connectivity index is 2.64. The third-order valence-corrected chi connectivity index (χ3v) is 1.61. The van der Waals surface area contributed by atoms with Gasteiger partial charge in [-0.15, -0.1) is 0 Å². The van der Waals surface area contributed by atoms with Gasteiger partial charge in [-0.3, -0.25) is 0 Å². The Labute approximate surface area is 79.3 Å². The van der Waals surface area contributed by atoms with Crippen molar-refractivity contribution in [1.82, 2.24) is 0 Å². The van der Waals surface area contributed by atoms with E-state index >= 15 is 0 Å². The zero-order valence-corrected chi connectivity index (χ0v) is 7.82. The molecular formula is C9H7BrO2. The number of carbonyl (C=O) groups is 1. The van der Waals surface area contributed by atoms with Crippen LogP contribution in [0.2, 0.25) is 0 Å². The number of halogens is 1. The van der Waals surface area contributed by atoms with Crippen molar-refractivity contribution in [1.29, 1.82) is 0 Å². The van der Waals surface area contributed by atoms with E-state index in [9.17, 15) is 4.79 Å².